The zero-order valence-corrected chi connectivity index (χ0v) is 21.6. The van der Waals surface area contributed by atoms with Crippen molar-refractivity contribution in [3.8, 4) is 34.0 Å². The minimum absolute atomic E-state index is 0.213. The molecule has 1 aliphatic heterocycles. The molecule has 0 unspecified atom stereocenters. The first-order valence-electron chi connectivity index (χ1n) is 12.3. The van der Waals surface area contributed by atoms with E-state index in [-0.39, 0.29) is 10.7 Å². The van der Waals surface area contributed by atoms with E-state index < -0.39 is 15.1 Å². The van der Waals surface area contributed by atoms with Crippen LogP contribution in [0, 0.1) is 0 Å². The average molecular weight is 519 g/mol. The Kier molecular flexibility index (Phi) is 6.94. The SMILES string of the molecule is CC(C)S(=O)(=O)c1ccc(-c2cnc(N)c(-c3cc(-c4ccc(NC[C@@H]5CCCN5)cc4)no3)n2)cc1. The summed E-state index contributed by atoms with van der Waals surface area (Å²) in [4.78, 5) is 9.18. The standard InChI is InChI=1S/C27H30N6O3S/c1-17(2)37(34,35)22-11-7-19(8-12-22)24-16-31-27(28)26(32-24)25-14-23(33-36-25)18-5-9-20(10-6-18)30-15-21-4-3-13-29-21/h5-12,14,16-17,21,29-30H,3-4,13,15H2,1-2H3,(H2,28,31)/t21-/m0/s1. The summed E-state index contributed by atoms with van der Waals surface area (Å²) in [6.45, 7) is 5.31. The van der Waals surface area contributed by atoms with Gasteiger partial charge in [-0.1, -0.05) is 29.4 Å². The molecule has 2 aromatic heterocycles. The Hall–Kier alpha value is -3.76. The molecule has 0 aliphatic carbocycles. The van der Waals surface area contributed by atoms with Gasteiger partial charge in [-0.05, 0) is 57.5 Å². The number of nitrogens with zero attached hydrogens (tertiary/aromatic N) is 3. The lowest BCUT2D eigenvalue weighted by Gasteiger charge is -2.12. The van der Waals surface area contributed by atoms with Crippen molar-refractivity contribution in [2.24, 2.45) is 0 Å². The molecule has 0 amide bonds. The second-order valence-corrected chi connectivity index (χ2v) is 11.9. The summed E-state index contributed by atoms with van der Waals surface area (Å²) in [7, 11) is -3.35. The van der Waals surface area contributed by atoms with Gasteiger partial charge in [-0.15, -0.1) is 0 Å². The van der Waals surface area contributed by atoms with Crippen molar-refractivity contribution >= 4 is 21.3 Å². The van der Waals surface area contributed by atoms with Gasteiger partial charge in [0.1, 0.15) is 5.69 Å². The molecular formula is C27H30N6O3S. The van der Waals surface area contributed by atoms with Crippen LogP contribution in [0.1, 0.15) is 26.7 Å². The highest BCUT2D eigenvalue weighted by Crippen LogP contribution is 2.30. The van der Waals surface area contributed by atoms with Gasteiger partial charge in [-0.2, -0.15) is 0 Å². The highest BCUT2D eigenvalue weighted by Gasteiger charge is 2.20. The summed E-state index contributed by atoms with van der Waals surface area (Å²) in [5.74, 6) is 0.612. The van der Waals surface area contributed by atoms with Crippen LogP contribution in [0.4, 0.5) is 11.5 Å². The first kappa shape index (κ1) is 24.9. The molecule has 1 aliphatic rings. The number of hydrogen-bond donors (Lipinski definition) is 3. The molecule has 9 nitrogen and oxygen atoms in total. The maximum Gasteiger partial charge on any atom is 0.189 e. The van der Waals surface area contributed by atoms with E-state index in [4.69, 9.17) is 10.3 Å². The van der Waals surface area contributed by atoms with Gasteiger partial charge in [-0.3, -0.25) is 0 Å². The minimum Gasteiger partial charge on any atom is -0.383 e. The van der Waals surface area contributed by atoms with E-state index in [1.54, 1.807) is 50.4 Å². The van der Waals surface area contributed by atoms with Gasteiger partial charge in [-0.25, -0.2) is 18.4 Å². The number of nitrogens with one attached hydrogen (secondary N) is 2. The molecule has 3 heterocycles. The summed E-state index contributed by atoms with van der Waals surface area (Å²) in [6.07, 6.45) is 3.98. The smallest absolute Gasteiger partial charge is 0.189 e. The number of benzene rings is 2. The lowest BCUT2D eigenvalue weighted by Crippen LogP contribution is -2.29. The summed E-state index contributed by atoms with van der Waals surface area (Å²) < 4.78 is 30.4. The fourth-order valence-corrected chi connectivity index (χ4v) is 5.32. The predicted molar refractivity (Wildman–Crippen MR) is 145 cm³/mol. The lowest BCUT2D eigenvalue weighted by atomic mass is 10.1. The van der Waals surface area contributed by atoms with Crippen LogP contribution < -0.4 is 16.4 Å². The molecule has 0 radical (unpaired) electrons. The monoisotopic (exact) mass is 518 g/mol. The number of sulfone groups is 1. The van der Waals surface area contributed by atoms with Gasteiger partial charge >= 0.3 is 0 Å². The van der Waals surface area contributed by atoms with E-state index in [0.717, 1.165) is 24.3 Å². The largest absolute Gasteiger partial charge is 0.383 e. The van der Waals surface area contributed by atoms with Crippen molar-refractivity contribution < 1.29 is 12.9 Å². The quantitative estimate of drug-likeness (QED) is 0.310. The summed E-state index contributed by atoms with van der Waals surface area (Å²) >= 11 is 0. The third kappa shape index (κ3) is 5.35. The molecule has 10 heteroatoms. The van der Waals surface area contributed by atoms with Crippen LogP contribution in [0.15, 0.2) is 70.2 Å². The predicted octanol–water partition coefficient (Wildman–Crippen LogP) is 4.39. The summed E-state index contributed by atoms with van der Waals surface area (Å²) in [5.41, 5.74) is 10.4. The van der Waals surface area contributed by atoms with E-state index in [1.165, 1.54) is 12.8 Å². The van der Waals surface area contributed by atoms with E-state index in [2.05, 4.69) is 25.8 Å². The van der Waals surface area contributed by atoms with Crippen molar-refractivity contribution in [3.63, 3.8) is 0 Å². The Labute approximate surface area is 216 Å². The van der Waals surface area contributed by atoms with E-state index in [0.29, 0.717) is 34.4 Å². The van der Waals surface area contributed by atoms with Crippen LogP contribution in [0.2, 0.25) is 0 Å². The topological polar surface area (TPSA) is 136 Å². The molecule has 0 spiro atoms. The highest BCUT2D eigenvalue weighted by atomic mass is 32.2. The van der Waals surface area contributed by atoms with Crippen molar-refractivity contribution in [2.45, 2.75) is 42.9 Å². The van der Waals surface area contributed by atoms with Gasteiger partial charge in [0.15, 0.2) is 27.1 Å². The van der Waals surface area contributed by atoms with Crippen LogP contribution in [-0.4, -0.2) is 47.9 Å². The molecule has 37 heavy (non-hydrogen) atoms. The molecule has 4 N–H and O–H groups in total. The Balaban J connectivity index is 1.34. The molecule has 1 fully saturated rings. The number of nitrogen functional groups attached to an aromatic ring is 1. The van der Waals surface area contributed by atoms with Crippen LogP contribution in [0.3, 0.4) is 0 Å². The molecule has 0 bridgehead atoms. The molecule has 4 aromatic rings. The maximum atomic E-state index is 12.4. The number of nitrogens with two attached hydrogens (primary N) is 1. The Bertz CT molecular complexity index is 1480. The number of hydrogen-bond acceptors (Lipinski definition) is 9. The molecule has 1 atom stereocenters. The number of anilines is 2. The highest BCUT2D eigenvalue weighted by molar-refractivity contribution is 7.92. The van der Waals surface area contributed by atoms with E-state index in [1.807, 2.05) is 24.3 Å². The van der Waals surface area contributed by atoms with Crippen LogP contribution >= 0.6 is 0 Å². The average Bonchev–Trinajstić information content (AvgIpc) is 3.61. The zero-order valence-electron chi connectivity index (χ0n) is 20.8. The van der Waals surface area contributed by atoms with Gasteiger partial charge in [0.05, 0.1) is 22.0 Å². The van der Waals surface area contributed by atoms with Gasteiger partial charge < -0.3 is 20.9 Å². The third-order valence-electron chi connectivity index (χ3n) is 6.54. The van der Waals surface area contributed by atoms with Crippen molar-refractivity contribution in [1.82, 2.24) is 20.4 Å². The fourth-order valence-electron chi connectivity index (χ4n) is 4.26. The molecule has 0 saturated carbocycles. The fraction of sp³-hybridized carbons (Fsp3) is 0.296. The second kappa shape index (κ2) is 10.3. The van der Waals surface area contributed by atoms with E-state index in [9.17, 15) is 8.42 Å². The van der Waals surface area contributed by atoms with Gasteiger partial charge in [0, 0.05) is 35.5 Å². The molecular weight excluding hydrogens is 488 g/mol. The molecule has 192 valence electrons. The van der Waals surface area contributed by atoms with E-state index >= 15 is 0 Å². The number of rotatable bonds is 8. The summed E-state index contributed by atoms with van der Waals surface area (Å²) in [6, 6.07) is 16.9. The first-order valence-corrected chi connectivity index (χ1v) is 13.9. The van der Waals surface area contributed by atoms with Crippen LogP contribution in [0.25, 0.3) is 34.0 Å². The maximum absolute atomic E-state index is 12.4. The normalized spacial score (nSPS) is 15.8. The third-order valence-corrected chi connectivity index (χ3v) is 8.71. The summed E-state index contributed by atoms with van der Waals surface area (Å²) in [5, 5.41) is 10.7. The van der Waals surface area contributed by atoms with Gasteiger partial charge in [0.25, 0.3) is 0 Å². The molecule has 2 aromatic carbocycles. The van der Waals surface area contributed by atoms with Gasteiger partial charge in [0.2, 0.25) is 0 Å². The van der Waals surface area contributed by atoms with Crippen molar-refractivity contribution in [2.75, 3.05) is 24.1 Å². The Morgan fingerprint density at radius 3 is 2.46 bits per heavy atom. The first-order chi connectivity index (χ1) is 17.8. The Morgan fingerprint density at radius 2 is 1.78 bits per heavy atom. The minimum atomic E-state index is -3.35. The Morgan fingerprint density at radius 1 is 1.08 bits per heavy atom. The number of aromatic nitrogens is 3. The molecule has 1 saturated heterocycles. The second-order valence-electron chi connectivity index (χ2n) is 9.44. The lowest BCUT2D eigenvalue weighted by molar-refractivity contribution is 0.434. The zero-order chi connectivity index (χ0) is 26.0. The van der Waals surface area contributed by atoms with Crippen LogP contribution in [-0.2, 0) is 9.84 Å². The van der Waals surface area contributed by atoms with Crippen LogP contribution in [0.5, 0.6) is 0 Å². The van der Waals surface area contributed by atoms with Crippen molar-refractivity contribution in [3.05, 3.63) is 60.8 Å². The molecule has 5 rings (SSSR count). The van der Waals surface area contributed by atoms with Crippen molar-refractivity contribution in [1.29, 1.82) is 0 Å².